The lowest BCUT2D eigenvalue weighted by Crippen LogP contribution is -2.24. The highest BCUT2D eigenvalue weighted by molar-refractivity contribution is 5.90. The second kappa shape index (κ2) is 10.9. The minimum Gasteiger partial charge on any atom is -0.492 e. The summed E-state index contributed by atoms with van der Waals surface area (Å²) in [6.07, 6.45) is 8.79. The standard InChI is InChI=1S/C22H34N2O3/c1-4-6-8-10-14-24-19-16-17(23)12-13-18(19)20(26-3)21(22(24)25)27-15-11-9-7-5-2/h12-13,16H,4-11,14-15,23H2,1-3H3. The second-order valence-corrected chi connectivity index (χ2v) is 7.07. The van der Waals surface area contributed by atoms with Crippen LogP contribution in [0, 0.1) is 0 Å². The number of aryl methyl sites for hydroxylation is 1. The predicted octanol–water partition coefficient (Wildman–Crippen LogP) is 5.13. The SMILES string of the molecule is CCCCCCOc1c(OC)c2ccc(N)cc2n(CCCCCC)c1=O. The van der Waals surface area contributed by atoms with E-state index in [0.29, 0.717) is 30.3 Å². The maximum absolute atomic E-state index is 13.2. The Kier molecular flexibility index (Phi) is 8.49. The Morgan fingerprint density at radius 1 is 0.963 bits per heavy atom. The summed E-state index contributed by atoms with van der Waals surface area (Å²) in [6.45, 7) is 5.55. The predicted molar refractivity (Wildman–Crippen MR) is 113 cm³/mol. The van der Waals surface area contributed by atoms with Crippen molar-refractivity contribution in [3.05, 3.63) is 28.6 Å². The zero-order chi connectivity index (χ0) is 19.6. The fourth-order valence-electron chi connectivity index (χ4n) is 3.37. The van der Waals surface area contributed by atoms with Gasteiger partial charge in [-0.15, -0.1) is 0 Å². The number of benzene rings is 1. The molecular weight excluding hydrogens is 340 g/mol. The first-order chi connectivity index (χ1) is 13.1. The zero-order valence-electron chi connectivity index (χ0n) is 17.1. The van der Waals surface area contributed by atoms with Crippen molar-refractivity contribution in [3.63, 3.8) is 0 Å². The number of anilines is 1. The first-order valence-electron chi connectivity index (χ1n) is 10.3. The van der Waals surface area contributed by atoms with Crippen molar-refractivity contribution < 1.29 is 9.47 Å². The van der Waals surface area contributed by atoms with E-state index in [0.717, 1.165) is 43.0 Å². The van der Waals surface area contributed by atoms with Crippen molar-refractivity contribution in [2.24, 2.45) is 0 Å². The quantitative estimate of drug-likeness (QED) is 0.413. The highest BCUT2D eigenvalue weighted by Gasteiger charge is 2.19. The van der Waals surface area contributed by atoms with Crippen molar-refractivity contribution >= 4 is 16.6 Å². The van der Waals surface area contributed by atoms with Gasteiger partial charge < -0.3 is 19.8 Å². The molecule has 0 aliphatic carbocycles. The zero-order valence-corrected chi connectivity index (χ0v) is 17.1. The van der Waals surface area contributed by atoms with E-state index in [1.165, 1.54) is 19.3 Å². The number of pyridine rings is 1. The lowest BCUT2D eigenvalue weighted by molar-refractivity contribution is 0.280. The van der Waals surface area contributed by atoms with Crippen molar-refractivity contribution in [2.75, 3.05) is 19.5 Å². The smallest absolute Gasteiger partial charge is 0.297 e. The van der Waals surface area contributed by atoms with Crippen LogP contribution in [0.15, 0.2) is 23.0 Å². The largest absolute Gasteiger partial charge is 0.492 e. The van der Waals surface area contributed by atoms with Gasteiger partial charge in [-0.25, -0.2) is 0 Å². The number of aromatic nitrogens is 1. The van der Waals surface area contributed by atoms with E-state index < -0.39 is 0 Å². The van der Waals surface area contributed by atoms with E-state index in [1.54, 1.807) is 11.7 Å². The summed E-state index contributed by atoms with van der Waals surface area (Å²) >= 11 is 0. The van der Waals surface area contributed by atoms with Gasteiger partial charge in [-0.2, -0.15) is 0 Å². The Bertz CT molecular complexity index is 783. The van der Waals surface area contributed by atoms with E-state index >= 15 is 0 Å². The monoisotopic (exact) mass is 374 g/mol. The van der Waals surface area contributed by atoms with Gasteiger partial charge in [0.2, 0.25) is 5.75 Å². The second-order valence-electron chi connectivity index (χ2n) is 7.07. The third kappa shape index (κ3) is 5.41. The fraction of sp³-hybridized carbons (Fsp3) is 0.591. The van der Waals surface area contributed by atoms with Gasteiger partial charge in [0.15, 0.2) is 5.75 Å². The Balaban J connectivity index is 2.39. The average molecular weight is 375 g/mol. The van der Waals surface area contributed by atoms with Gasteiger partial charge in [0.1, 0.15) is 0 Å². The Labute approximate surface area is 162 Å². The van der Waals surface area contributed by atoms with Gasteiger partial charge in [0.25, 0.3) is 5.56 Å². The van der Waals surface area contributed by atoms with Crippen LogP contribution >= 0.6 is 0 Å². The molecule has 2 N–H and O–H groups in total. The molecule has 0 spiro atoms. The van der Waals surface area contributed by atoms with Crippen molar-refractivity contribution in [1.82, 2.24) is 4.57 Å². The summed E-state index contributed by atoms with van der Waals surface area (Å²) in [5.41, 5.74) is 7.31. The van der Waals surface area contributed by atoms with E-state index in [9.17, 15) is 4.79 Å². The summed E-state index contributed by atoms with van der Waals surface area (Å²) in [5.74, 6) is 0.831. The van der Waals surface area contributed by atoms with Crippen LogP contribution < -0.4 is 20.8 Å². The van der Waals surface area contributed by atoms with Crippen molar-refractivity contribution in [2.45, 2.75) is 71.8 Å². The maximum Gasteiger partial charge on any atom is 0.297 e. The molecule has 0 saturated carbocycles. The number of methoxy groups -OCH3 is 1. The van der Waals surface area contributed by atoms with E-state index in [4.69, 9.17) is 15.2 Å². The topological polar surface area (TPSA) is 66.5 Å². The van der Waals surface area contributed by atoms with Crippen LogP contribution in [0.25, 0.3) is 10.9 Å². The molecule has 0 bridgehead atoms. The number of rotatable bonds is 12. The van der Waals surface area contributed by atoms with Crippen molar-refractivity contribution in [3.8, 4) is 11.5 Å². The molecule has 1 aromatic carbocycles. The number of ether oxygens (including phenoxy) is 2. The Hall–Kier alpha value is -2.17. The molecule has 150 valence electrons. The van der Waals surface area contributed by atoms with E-state index in [2.05, 4.69) is 13.8 Å². The number of nitrogen functional groups attached to an aromatic ring is 1. The molecule has 2 rings (SSSR count). The van der Waals surface area contributed by atoms with E-state index in [-0.39, 0.29) is 5.56 Å². The maximum atomic E-state index is 13.2. The Morgan fingerprint density at radius 3 is 2.33 bits per heavy atom. The highest BCUT2D eigenvalue weighted by atomic mass is 16.5. The lowest BCUT2D eigenvalue weighted by atomic mass is 10.1. The minimum absolute atomic E-state index is 0.128. The average Bonchev–Trinajstić information content (AvgIpc) is 2.67. The van der Waals surface area contributed by atoms with Gasteiger partial charge in [0.05, 0.1) is 19.2 Å². The molecule has 0 saturated heterocycles. The molecule has 0 atom stereocenters. The summed E-state index contributed by atoms with van der Waals surface area (Å²) in [4.78, 5) is 13.2. The van der Waals surface area contributed by atoms with Crippen LogP contribution in [0.5, 0.6) is 11.5 Å². The molecule has 2 aromatic rings. The number of fused-ring (bicyclic) bond motifs is 1. The molecule has 0 radical (unpaired) electrons. The molecule has 0 amide bonds. The van der Waals surface area contributed by atoms with Crippen LogP contribution in [0.2, 0.25) is 0 Å². The summed E-state index contributed by atoms with van der Waals surface area (Å²) < 4.78 is 13.3. The Morgan fingerprint density at radius 2 is 1.67 bits per heavy atom. The number of hydrogen-bond donors (Lipinski definition) is 1. The third-order valence-corrected chi connectivity index (χ3v) is 4.89. The van der Waals surface area contributed by atoms with Crippen LogP contribution in [-0.2, 0) is 6.54 Å². The normalized spacial score (nSPS) is 11.1. The van der Waals surface area contributed by atoms with Crippen LogP contribution in [-0.4, -0.2) is 18.3 Å². The molecule has 0 aliphatic rings. The molecule has 1 heterocycles. The lowest BCUT2D eigenvalue weighted by Gasteiger charge is -2.18. The number of nitrogens with zero attached hydrogens (tertiary/aromatic N) is 1. The number of nitrogens with two attached hydrogens (primary N) is 1. The van der Waals surface area contributed by atoms with Crippen LogP contribution in [0.1, 0.15) is 65.2 Å². The van der Waals surface area contributed by atoms with Gasteiger partial charge >= 0.3 is 0 Å². The van der Waals surface area contributed by atoms with E-state index in [1.807, 2.05) is 18.2 Å². The third-order valence-electron chi connectivity index (χ3n) is 4.89. The minimum atomic E-state index is -0.128. The molecule has 0 unspecified atom stereocenters. The number of unbranched alkanes of at least 4 members (excludes halogenated alkanes) is 6. The van der Waals surface area contributed by atoms with Gasteiger partial charge in [-0.3, -0.25) is 4.79 Å². The molecule has 0 aliphatic heterocycles. The van der Waals surface area contributed by atoms with Crippen molar-refractivity contribution in [1.29, 1.82) is 0 Å². The summed E-state index contributed by atoms with van der Waals surface area (Å²) in [6, 6.07) is 5.60. The molecule has 1 aromatic heterocycles. The fourth-order valence-corrected chi connectivity index (χ4v) is 3.37. The van der Waals surface area contributed by atoms with Gasteiger partial charge in [-0.1, -0.05) is 52.4 Å². The van der Waals surface area contributed by atoms with Gasteiger partial charge in [0, 0.05) is 17.6 Å². The molecule has 0 fully saturated rings. The molecular formula is C22H34N2O3. The number of hydrogen-bond acceptors (Lipinski definition) is 4. The first kappa shape index (κ1) is 21.1. The molecule has 27 heavy (non-hydrogen) atoms. The highest BCUT2D eigenvalue weighted by Crippen LogP contribution is 2.33. The van der Waals surface area contributed by atoms with Crippen LogP contribution in [0.3, 0.4) is 0 Å². The molecule has 5 heteroatoms. The first-order valence-corrected chi connectivity index (χ1v) is 10.3. The summed E-state index contributed by atoms with van der Waals surface area (Å²) in [5, 5.41) is 0.866. The van der Waals surface area contributed by atoms with Gasteiger partial charge in [-0.05, 0) is 31.0 Å². The summed E-state index contributed by atoms with van der Waals surface area (Å²) in [7, 11) is 1.58. The molecule has 5 nitrogen and oxygen atoms in total. The van der Waals surface area contributed by atoms with Crippen LogP contribution in [0.4, 0.5) is 5.69 Å².